The molecule has 1 N–H and O–H groups in total. The minimum Gasteiger partial charge on any atom is -0.314 e. The van der Waals surface area contributed by atoms with Crippen molar-refractivity contribution in [3.63, 3.8) is 0 Å². The number of rotatable bonds is 7. The van der Waals surface area contributed by atoms with Crippen LogP contribution in [0.5, 0.6) is 0 Å². The van der Waals surface area contributed by atoms with Crippen LogP contribution in [-0.4, -0.2) is 49.6 Å². The molecule has 1 aromatic carbocycles. The van der Waals surface area contributed by atoms with Crippen molar-refractivity contribution >= 4 is 24.0 Å². The fraction of sp³-hybridized carbons (Fsp3) is 0.632. The highest BCUT2D eigenvalue weighted by Crippen LogP contribution is 2.28. The first-order valence-corrected chi connectivity index (χ1v) is 9.07. The number of hydrogen-bond acceptors (Lipinski definition) is 3. The molecule has 1 heterocycles. The quantitative estimate of drug-likeness (QED) is 0.820. The Kier molecular flexibility index (Phi) is 7.53. The van der Waals surface area contributed by atoms with Gasteiger partial charge in [-0.2, -0.15) is 0 Å². The van der Waals surface area contributed by atoms with Crippen LogP contribution < -0.4 is 10.2 Å². The summed E-state index contributed by atoms with van der Waals surface area (Å²) in [4.78, 5) is 16.8. The average molecular weight is 352 g/mol. The highest BCUT2D eigenvalue weighted by Gasteiger charge is 2.25. The lowest BCUT2D eigenvalue weighted by molar-refractivity contribution is -0.120. The van der Waals surface area contributed by atoms with E-state index in [1.54, 1.807) is 0 Å². The highest BCUT2D eigenvalue weighted by molar-refractivity contribution is 5.94. The number of halogens is 1. The lowest BCUT2D eigenvalue weighted by Crippen LogP contribution is -2.47. The van der Waals surface area contributed by atoms with Gasteiger partial charge < -0.3 is 10.2 Å². The Morgan fingerprint density at radius 2 is 1.83 bits per heavy atom. The Morgan fingerprint density at radius 1 is 1.17 bits per heavy atom. The van der Waals surface area contributed by atoms with E-state index < -0.39 is 0 Å². The Bertz CT molecular complexity index is 499. The fourth-order valence-electron chi connectivity index (χ4n) is 3.34. The molecule has 0 atom stereocenters. The number of anilines is 1. The number of piperidine rings is 1. The Balaban J connectivity index is 0.00000208. The molecular formula is C19H30ClN3O. The number of hydrogen-bond donors (Lipinski definition) is 1. The summed E-state index contributed by atoms with van der Waals surface area (Å²) in [6.45, 7) is 6.56. The van der Waals surface area contributed by atoms with Crippen LogP contribution in [0.4, 0.5) is 5.69 Å². The first-order chi connectivity index (χ1) is 11.3. The van der Waals surface area contributed by atoms with E-state index in [9.17, 15) is 4.79 Å². The van der Waals surface area contributed by atoms with Gasteiger partial charge in [-0.1, -0.05) is 18.2 Å². The van der Waals surface area contributed by atoms with Gasteiger partial charge in [0.05, 0.1) is 6.54 Å². The molecule has 1 aliphatic carbocycles. The van der Waals surface area contributed by atoms with Gasteiger partial charge in [0.25, 0.3) is 0 Å². The van der Waals surface area contributed by atoms with Crippen LogP contribution in [0.1, 0.15) is 32.6 Å². The number of para-hydroxylation sites is 1. The van der Waals surface area contributed by atoms with Gasteiger partial charge in [-0.05, 0) is 57.2 Å². The predicted octanol–water partition coefficient (Wildman–Crippen LogP) is 2.93. The molecule has 1 aliphatic heterocycles. The molecule has 134 valence electrons. The van der Waals surface area contributed by atoms with Gasteiger partial charge in [0, 0.05) is 31.4 Å². The zero-order chi connectivity index (χ0) is 16.1. The zero-order valence-electron chi connectivity index (χ0n) is 14.6. The van der Waals surface area contributed by atoms with Gasteiger partial charge in [-0.3, -0.25) is 9.69 Å². The van der Waals surface area contributed by atoms with E-state index in [1.165, 1.54) is 19.4 Å². The molecule has 5 heteroatoms. The number of nitrogens with one attached hydrogen (secondary N) is 1. The Labute approximate surface area is 152 Å². The molecule has 24 heavy (non-hydrogen) atoms. The van der Waals surface area contributed by atoms with Crippen LogP contribution in [-0.2, 0) is 4.79 Å². The van der Waals surface area contributed by atoms with Crippen LogP contribution >= 0.6 is 12.4 Å². The van der Waals surface area contributed by atoms with Crippen molar-refractivity contribution in [1.29, 1.82) is 0 Å². The smallest absolute Gasteiger partial charge is 0.241 e. The van der Waals surface area contributed by atoms with Gasteiger partial charge >= 0.3 is 0 Å². The third-order valence-corrected chi connectivity index (χ3v) is 5.02. The predicted molar refractivity (Wildman–Crippen MR) is 102 cm³/mol. The molecule has 0 spiro atoms. The largest absolute Gasteiger partial charge is 0.314 e. The van der Waals surface area contributed by atoms with Gasteiger partial charge in [0.2, 0.25) is 5.91 Å². The van der Waals surface area contributed by atoms with Gasteiger partial charge in [-0.25, -0.2) is 0 Å². The normalized spacial score (nSPS) is 18.9. The number of likely N-dealkylation sites (N-methyl/N-ethyl adjacent to an activating group) is 1. The van der Waals surface area contributed by atoms with E-state index in [0.717, 1.165) is 44.1 Å². The molecule has 0 bridgehead atoms. The second kappa shape index (κ2) is 9.40. The van der Waals surface area contributed by atoms with Crippen molar-refractivity contribution in [2.75, 3.05) is 37.6 Å². The summed E-state index contributed by atoms with van der Waals surface area (Å²) in [5, 5.41) is 3.70. The summed E-state index contributed by atoms with van der Waals surface area (Å²) >= 11 is 0. The minimum atomic E-state index is 0. The maximum atomic E-state index is 12.6. The summed E-state index contributed by atoms with van der Waals surface area (Å²) in [6.07, 6.45) is 5.15. The Hall–Kier alpha value is -1.10. The van der Waals surface area contributed by atoms with E-state index in [1.807, 2.05) is 42.2 Å². The molecular weight excluding hydrogens is 322 g/mol. The van der Waals surface area contributed by atoms with Crippen LogP contribution in [0, 0.1) is 5.92 Å². The van der Waals surface area contributed by atoms with Crippen LogP contribution in [0.15, 0.2) is 30.3 Å². The summed E-state index contributed by atoms with van der Waals surface area (Å²) < 4.78 is 0. The van der Waals surface area contributed by atoms with E-state index >= 15 is 0 Å². The van der Waals surface area contributed by atoms with Crippen molar-refractivity contribution < 1.29 is 4.79 Å². The number of amides is 1. The van der Waals surface area contributed by atoms with Crippen molar-refractivity contribution in [2.24, 2.45) is 5.92 Å². The number of carbonyl (C=O) groups is 1. The monoisotopic (exact) mass is 351 g/mol. The maximum Gasteiger partial charge on any atom is 0.241 e. The molecule has 2 aliphatic rings. The summed E-state index contributed by atoms with van der Waals surface area (Å²) in [6, 6.07) is 10.6. The van der Waals surface area contributed by atoms with Gasteiger partial charge in [-0.15, -0.1) is 12.4 Å². The molecule has 1 amide bonds. The molecule has 1 saturated heterocycles. The van der Waals surface area contributed by atoms with Crippen molar-refractivity contribution in [1.82, 2.24) is 10.2 Å². The molecule has 1 saturated carbocycles. The van der Waals surface area contributed by atoms with Crippen molar-refractivity contribution in [3.8, 4) is 0 Å². The summed E-state index contributed by atoms with van der Waals surface area (Å²) in [5.74, 6) is 1.15. The molecule has 1 aromatic rings. The summed E-state index contributed by atoms with van der Waals surface area (Å²) in [5.41, 5.74) is 1.00. The third kappa shape index (κ3) is 5.47. The first-order valence-electron chi connectivity index (χ1n) is 9.07. The standard InChI is InChI=1S/C19H29N3O.ClH/c1-2-22(18-6-4-3-5-7-18)19(23)15-21-12-10-17(11-13-21)20-14-16-8-9-16;/h3-7,16-17,20H,2,8-15H2,1H3;1H. The lowest BCUT2D eigenvalue weighted by atomic mass is 10.0. The van der Waals surface area contributed by atoms with Crippen LogP contribution in [0.25, 0.3) is 0 Å². The first kappa shape index (κ1) is 19.2. The summed E-state index contributed by atoms with van der Waals surface area (Å²) in [7, 11) is 0. The second-order valence-corrected chi connectivity index (χ2v) is 6.88. The van der Waals surface area contributed by atoms with E-state index in [-0.39, 0.29) is 18.3 Å². The lowest BCUT2D eigenvalue weighted by Gasteiger charge is -2.33. The fourth-order valence-corrected chi connectivity index (χ4v) is 3.34. The van der Waals surface area contributed by atoms with E-state index in [4.69, 9.17) is 0 Å². The van der Waals surface area contributed by atoms with Crippen molar-refractivity contribution in [3.05, 3.63) is 30.3 Å². The van der Waals surface area contributed by atoms with E-state index in [0.29, 0.717) is 12.6 Å². The maximum absolute atomic E-state index is 12.6. The number of benzene rings is 1. The van der Waals surface area contributed by atoms with Gasteiger partial charge in [0.15, 0.2) is 0 Å². The van der Waals surface area contributed by atoms with Crippen molar-refractivity contribution in [2.45, 2.75) is 38.6 Å². The molecule has 2 fully saturated rings. The van der Waals surface area contributed by atoms with E-state index in [2.05, 4.69) is 10.2 Å². The molecule has 0 aromatic heterocycles. The number of likely N-dealkylation sites (tertiary alicyclic amines) is 1. The zero-order valence-corrected chi connectivity index (χ0v) is 15.4. The average Bonchev–Trinajstić information content (AvgIpc) is 3.40. The SMILES string of the molecule is CCN(C(=O)CN1CCC(NCC2CC2)CC1)c1ccccc1.Cl. The number of nitrogens with zero attached hydrogens (tertiary/aromatic N) is 2. The minimum absolute atomic E-state index is 0. The second-order valence-electron chi connectivity index (χ2n) is 6.88. The molecule has 4 nitrogen and oxygen atoms in total. The topological polar surface area (TPSA) is 35.6 Å². The van der Waals surface area contributed by atoms with Crippen LogP contribution in [0.2, 0.25) is 0 Å². The van der Waals surface area contributed by atoms with Crippen LogP contribution in [0.3, 0.4) is 0 Å². The Morgan fingerprint density at radius 3 is 2.42 bits per heavy atom. The third-order valence-electron chi connectivity index (χ3n) is 5.02. The molecule has 0 unspecified atom stereocenters. The highest BCUT2D eigenvalue weighted by atomic mass is 35.5. The number of carbonyl (C=O) groups excluding carboxylic acids is 1. The molecule has 3 rings (SSSR count). The van der Waals surface area contributed by atoms with Gasteiger partial charge in [0.1, 0.15) is 0 Å². The molecule has 0 radical (unpaired) electrons.